The van der Waals surface area contributed by atoms with E-state index in [-0.39, 0.29) is 11.8 Å². The first kappa shape index (κ1) is 18.9. The van der Waals surface area contributed by atoms with Gasteiger partial charge in [0.15, 0.2) is 0 Å². The van der Waals surface area contributed by atoms with E-state index in [4.69, 9.17) is 10.5 Å². The normalized spacial score (nSPS) is 13.4. The molecule has 5 nitrogen and oxygen atoms in total. The summed E-state index contributed by atoms with van der Waals surface area (Å²) in [5, 5.41) is 3.97. The van der Waals surface area contributed by atoms with Crippen molar-refractivity contribution in [3.8, 4) is 17.6 Å². The van der Waals surface area contributed by atoms with Gasteiger partial charge in [0.2, 0.25) is 5.91 Å². The van der Waals surface area contributed by atoms with Gasteiger partial charge in [-0.15, -0.1) is 0 Å². The van der Waals surface area contributed by atoms with Gasteiger partial charge in [-0.2, -0.15) is 0 Å². The van der Waals surface area contributed by atoms with Gasteiger partial charge in [0, 0.05) is 35.2 Å². The molecule has 1 aliphatic carbocycles. The van der Waals surface area contributed by atoms with E-state index in [9.17, 15) is 4.79 Å². The summed E-state index contributed by atoms with van der Waals surface area (Å²) in [6.45, 7) is 2.82. The quantitative estimate of drug-likeness (QED) is 0.652. The van der Waals surface area contributed by atoms with Gasteiger partial charge in [-0.05, 0) is 56.0 Å². The van der Waals surface area contributed by atoms with Crippen LogP contribution >= 0.6 is 0 Å². The van der Waals surface area contributed by atoms with Gasteiger partial charge in [-0.25, -0.2) is 0 Å². The summed E-state index contributed by atoms with van der Waals surface area (Å²) < 4.78 is 7.45. The number of anilines is 2. The van der Waals surface area contributed by atoms with E-state index in [1.807, 2.05) is 42.5 Å². The van der Waals surface area contributed by atoms with Gasteiger partial charge >= 0.3 is 0 Å². The van der Waals surface area contributed by atoms with Gasteiger partial charge < -0.3 is 20.4 Å². The fourth-order valence-corrected chi connectivity index (χ4v) is 3.67. The highest BCUT2D eigenvalue weighted by molar-refractivity contribution is 5.96. The van der Waals surface area contributed by atoms with Gasteiger partial charge in [-0.3, -0.25) is 4.79 Å². The number of hydrogen-bond donors (Lipinski definition) is 2. The Morgan fingerprint density at radius 3 is 2.76 bits per heavy atom. The van der Waals surface area contributed by atoms with E-state index < -0.39 is 0 Å². The molecule has 2 aromatic carbocycles. The molecule has 148 valence electrons. The Balaban J connectivity index is 1.65. The van der Waals surface area contributed by atoms with Crippen molar-refractivity contribution in [3.63, 3.8) is 0 Å². The lowest BCUT2D eigenvalue weighted by Gasteiger charge is -2.24. The van der Waals surface area contributed by atoms with Crippen LogP contribution in [0.3, 0.4) is 0 Å². The molecule has 1 heterocycles. The predicted octanol–water partition coefficient (Wildman–Crippen LogP) is 4.39. The molecule has 3 N–H and O–H groups in total. The lowest BCUT2D eigenvalue weighted by molar-refractivity contribution is -0.122. The highest BCUT2D eigenvalue weighted by atomic mass is 16.5. The van der Waals surface area contributed by atoms with Crippen LogP contribution in [0.5, 0.6) is 5.75 Å². The molecular formula is C24H25N3O2. The lowest BCUT2D eigenvalue weighted by Crippen LogP contribution is -2.28. The first-order valence-electron chi connectivity index (χ1n) is 9.99. The van der Waals surface area contributed by atoms with E-state index in [1.54, 1.807) is 7.11 Å². The number of benzene rings is 2. The first-order chi connectivity index (χ1) is 14.1. The largest absolute Gasteiger partial charge is 0.497 e. The maximum absolute atomic E-state index is 12.2. The van der Waals surface area contributed by atoms with Crippen LogP contribution in [-0.2, 0) is 11.3 Å². The van der Waals surface area contributed by atoms with Crippen LogP contribution in [0.4, 0.5) is 11.4 Å². The SMILES string of the molecule is CCn1c(C#Cc2cccc(NC(=O)C3CCC3)c2)c(N)c2ccc(OC)cc21. The molecule has 5 heteroatoms. The Bertz CT molecular complexity index is 1130. The number of methoxy groups -OCH3 is 1. The van der Waals surface area contributed by atoms with Crippen LogP contribution < -0.4 is 15.8 Å². The number of ether oxygens (including phenoxy) is 1. The number of aryl methyl sites for hydroxylation is 1. The maximum atomic E-state index is 12.2. The minimum atomic E-state index is 0.102. The number of nitrogens with two attached hydrogens (primary N) is 1. The average Bonchev–Trinajstić information content (AvgIpc) is 2.95. The molecule has 29 heavy (non-hydrogen) atoms. The van der Waals surface area contributed by atoms with E-state index >= 15 is 0 Å². The fraction of sp³-hybridized carbons (Fsp3) is 0.292. The number of amides is 1. The number of hydrogen-bond acceptors (Lipinski definition) is 3. The van der Waals surface area contributed by atoms with Crippen LogP contribution in [0.25, 0.3) is 10.9 Å². The summed E-state index contributed by atoms with van der Waals surface area (Å²) in [6, 6.07) is 13.5. The van der Waals surface area contributed by atoms with Gasteiger partial charge in [0.25, 0.3) is 0 Å². The number of nitrogens with one attached hydrogen (secondary N) is 1. The van der Waals surface area contributed by atoms with E-state index in [2.05, 4.69) is 28.6 Å². The van der Waals surface area contributed by atoms with Crippen molar-refractivity contribution in [2.24, 2.45) is 5.92 Å². The molecule has 0 aliphatic heterocycles. The summed E-state index contributed by atoms with van der Waals surface area (Å²) in [4.78, 5) is 12.2. The van der Waals surface area contributed by atoms with Gasteiger partial charge in [-0.1, -0.05) is 18.4 Å². The second-order valence-corrected chi connectivity index (χ2v) is 7.34. The number of nitrogen functional groups attached to an aromatic ring is 1. The minimum absolute atomic E-state index is 0.102. The molecule has 1 aromatic heterocycles. The van der Waals surface area contributed by atoms with Crippen molar-refractivity contribution in [2.45, 2.75) is 32.7 Å². The molecule has 0 spiro atoms. The van der Waals surface area contributed by atoms with Gasteiger partial charge in [0.05, 0.1) is 18.3 Å². The van der Waals surface area contributed by atoms with Crippen LogP contribution in [0.15, 0.2) is 42.5 Å². The molecule has 0 radical (unpaired) electrons. The van der Waals surface area contributed by atoms with Crippen molar-refractivity contribution in [1.29, 1.82) is 0 Å². The van der Waals surface area contributed by atoms with Crippen LogP contribution in [-0.4, -0.2) is 17.6 Å². The molecular weight excluding hydrogens is 362 g/mol. The van der Waals surface area contributed by atoms with Crippen molar-refractivity contribution >= 4 is 28.2 Å². The van der Waals surface area contributed by atoms with E-state index in [0.29, 0.717) is 5.69 Å². The second kappa shape index (κ2) is 7.92. The Morgan fingerprint density at radius 1 is 1.24 bits per heavy atom. The molecule has 1 aliphatic rings. The summed E-state index contributed by atoms with van der Waals surface area (Å²) >= 11 is 0. The predicted molar refractivity (Wildman–Crippen MR) is 117 cm³/mol. The van der Waals surface area contributed by atoms with Crippen molar-refractivity contribution in [2.75, 3.05) is 18.2 Å². The standard InChI is InChI=1S/C24H25N3O2/c1-3-27-21(23(25)20-12-11-19(29-2)15-22(20)27)13-10-16-6-4-9-18(14-16)26-24(28)17-7-5-8-17/h4,6,9,11-12,14-15,17H,3,5,7-8,25H2,1-2H3,(H,26,28). The topological polar surface area (TPSA) is 69.3 Å². The lowest BCUT2D eigenvalue weighted by atomic mass is 9.85. The summed E-state index contributed by atoms with van der Waals surface area (Å²) in [7, 11) is 1.65. The fourth-order valence-electron chi connectivity index (χ4n) is 3.67. The molecule has 4 rings (SSSR count). The van der Waals surface area contributed by atoms with Crippen LogP contribution in [0.2, 0.25) is 0 Å². The van der Waals surface area contributed by atoms with Crippen molar-refractivity contribution < 1.29 is 9.53 Å². The molecule has 0 unspecified atom stereocenters. The molecule has 0 atom stereocenters. The Hall–Kier alpha value is -3.39. The zero-order valence-corrected chi connectivity index (χ0v) is 16.8. The highest BCUT2D eigenvalue weighted by Crippen LogP contribution is 2.31. The Morgan fingerprint density at radius 2 is 2.07 bits per heavy atom. The summed E-state index contributed by atoms with van der Waals surface area (Å²) in [6.07, 6.45) is 3.11. The zero-order chi connectivity index (χ0) is 20.4. The van der Waals surface area contributed by atoms with Gasteiger partial charge in [0.1, 0.15) is 11.4 Å². The smallest absolute Gasteiger partial charge is 0.227 e. The second-order valence-electron chi connectivity index (χ2n) is 7.34. The van der Waals surface area contributed by atoms with Crippen molar-refractivity contribution in [3.05, 3.63) is 53.7 Å². The number of aromatic nitrogens is 1. The molecule has 0 bridgehead atoms. The average molecular weight is 387 g/mol. The van der Waals surface area contributed by atoms with E-state index in [0.717, 1.165) is 59.4 Å². The number of fused-ring (bicyclic) bond motifs is 1. The number of carbonyl (C=O) groups excluding carboxylic acids is 1. The monoisotopic (exact) mass is 387 g/mol. The third-order valence-electron chi connectivity index (χ3n) is 5.56. The Labute approximate surface area is 170 Å². The van der Waals surface area contributed by atoms with Crippen LogP contribution in [0, 0.1) is 17.8 Å². The molecule has 0 saturated heterocycles. The molecule has 1 saturated carbocycles. The van der Waals surface area contributed by atoms with E-state index in [1.165, 1.54) is 0 Å². The third-order valence-corrected chi connectivity index (χ3v) is 5.56. The first-order valence-corrected chi connectivity index (χ1v) is 9.99. The zero-order valence-electron chi connectivity index (χ0n) is 16.8. The number of nitrogens with zero attached hydrogens (tertiary/aromatic N) is 1. The summed E-state index contributed by atoms with van der Waals surface area (Å²) in [5.74, 6) is 7.49. The van der Waals surface area contributed by atoms with Crippen molar-refractivity contribution in [1.82, 2.24) is 4.57 Å². The maximum Gasteiger partial charge on any atom is 0.227 e. The minimum Gasteiger partial charge on any atom is -0.497 e. The number of rotatable bonds is 4. The highest BCUT2D eigenvalue weighted by Gasteiger charge is 2.25. The Kier molecular flexibility index (Phi) is 5.18. The molecule has 3 aromatic rings. The third kappa shape index (κ3) is 3.66. The summed E-state index contributed by atoms with van der Waals surface area (Å²) in [5.41, 5.74) is 10.5. The van der Waals surface area contributed by atoms with Crippen LogP contribution in [0.1, 0.15) is 37.4 Å². The number of carbonyl (C=O) groups is 1. The molecule has 1 fully saturated rings. The molecule has 1 amide bonds.